The van der Waals surface area contributed by atoms with E-state index in [1.807, 2.05) is 7.05 Å². The van der Waals surface area contributed by atoms with E-state index in [1.165, 1.54) is 6.07 Å². The molecule has 9 heteroatoms. The number of nitrogens with two attached hydrogens (primary N) is 1. The maximum atomic E-state index is 11.6. The maximum Gasteiger partial charge on any atom is 0.267 e. The molecule has 2 heterocycles. The summed E-state index contributed by atoms with van der Waals surface area (Å²) in [6.07, 6.45) is 2.01. The summed E-state index contributed by atoms with van der Waals surface area (Å²) in [6.45, 7) is -0.0919. The summed E-state index contributed by atoms with van der Waals surface area (Å²) < 4.78 is 7.71. The van der Waals surface area contributed by atoms with Crippen LogP contribution in [0.25, 0.3) is 22.3 Å². The molecule has 0 radical (unpaired) electrons. The van der Waals surface area contributed by atoms with Gasteiger partial charge in [0.25, 0.3) is 5.91 Å². The van der Waals surface area contributed by atoms with Crippen molar-refractivity contribution in [2.45, 2.75) is 6.42 Å². The Morgan fingerprint density at radius 3 is 2.67 bits per heavy atom. The van der Waals surface area contributed by atoms with Crippen LogP contribution < -0.4 is 10.5 Å². The van der Waals surface area contributed by atoms with Crippen molar-refractivity contribution in [1.82, 2.24) is 19.7 Å². The molecule has 4 aromatic rings. The molecule has 2 aromatic carbocycles. The Kier molecular flexibility index (Phi) is 5.35. The molecule has 2 aromatic heterocycles. The van der Waals surface area contributed by atoms with E-state index in [0.29, 0.717) is 40.0 Å². The number of aromatic nitrogens is 4. The second-order valence-corrected chi connectivity index (χ2v) is 7.02. The van der Waals surface area contributed by atoms with Crippen LogP contribution in [-0.2, 0) is 13.5 Å². The van der Waals surface area contributed by atoms with E-state index in [2.05, 4.69) is 15.1 Å². The molecule has 0 saturated heterocycles. The number of carbonyl (C=O) groups is 1. The van der Waals surface area contributed by atoms with Crippen molar-refractivity contribution in [2.75, 3.05) is 6.61 Å². The number of hydrogen-bond donors (Lipinski definition) is 2. The van der Waals surface area contributed by atoms with Crippen molar-refractivity contribution in [3.63, 3.8) is 0 Å². The molecule has 1 amide bonds. The lowest BCUT2D eigenvalue weighted by Crippen LogP contribution is -2.15. The van der Waals surface area contributed by atoms with Gasteiger partial charge in [-0.3, -0.25) is 9.48 Å². The Balaban J connectivity index is 1.64. The number of halogens is 1. The number of fused-ring (bicyclic) bond motifs is 1. The first kappa shape index (κ1) is 19.8. The number of rotatable bonds is 6. The van der Waals surface area contributed by atoms with Crippen molar-refractivity contribution in [1.29, 1.82) is 0 Å². The minimum absolute atomic E-state index is 0.0919. The fourth-order valence-corrected chi connectivity index (χ4v) is 3.39. The second kappa shape index (κ2) is 8.10. The molecule has 0 aliphatic carbocycles. The summed E-state index contributed by atoms with van der Waals surface area (Å²) in [4.78, 5) is 20.2. The number of hydrogen-bond acceptors (Lipinski definition) is 6. The average molecular weight is 424 g/mol. The first-order valence-electron chi connectivity index (χ1n) is 9.13. The first-order chi connectivity index (χ1) is 14.5. The Morgan fingerprint density at radius 2 is 1.97 bits per heavy atom. The normalized spacial score (nSPS) is 11.0. The third-order valence-corrected chi connectivity index (χ3v) is 4.86. The molecule has 0 bridgehead atoms. The van der Waals surface area contributed by atoms with Crippen LogP contribution in [0.1, 0.15) is 16.2 Å². The number of primary amides is 1. The highest BCUT2D eigenvalue weighted by atomic mass is 35.5. The summed E-state index contributed by atoms with van der Waals surface area (Å²) in [6, 6.07) is 12.2. The number of benzene rings is 2. The summed E-state index contributed by atoms with van der Waals surface area (Å²) in [5.74, 6) is 0.934. The fourth-order valence-electron chi connectivity index (χ4n) is 3.10. The fraction of sp³-hybridized carbons (Fsp3) is 0.143. The van der Waals surface area contributed by atoms with E-state index in [4.69, 9.17) is 22.1 Å². The summed E-state index contributed by atoms with van der Waals surface area (Å²) in [5, 5.41) is 14.8. The van der Waals surface area contributed by atoms with E-state index >= 15 is 0 Å². The van der Waals surface area contributed by atoms with E-state index in [1.54, 1.807) is 47.3 Å². The van der Waals surface area contributed by atoms with Crippen LogP contribution in [0.2, 0.25) is 5.02 Å². The van der Waals surface area contributed by atoms with Gasteiger partial charge in [0.1, 0.15) is 17.2 Å². The zero-order valence-corrected chi connectivity index (χ0v) is 16.8. The van der Waals surface area contributed by atoms with Gasteiger partial charge in [-0.2, -0.15) is 5.10 Å². The van der Waals surface area contributed by atoms with Crippen molar-refractivity contribution in [2.24, 2.45) is 12.8 Å². The molecule has 0 aliphatic heterocycles. The highest BCUT2D eigenvalue weighted by Crippen LogP contribution is 2.34. The van der Waals surface area contributed by atoms with Gasteiger partial charge < -0.3 is 15.6 Å². The predicted octanol–water partition coefficient (Wildman–Crippen LogP) is 3.11. The van der Waals surface area contributed by atoms with Crippen LogP contribution >= 0.6 is 11.6 Å². The lowest BCUT2D eigenvalue weighted by Gasteiger charge is -2.09. The van der Waals surface area contributed by atoms with Gasteiger partial charge in [-0.1, -0.05) is 11.6 Å². The van der Waals surface area contributed by atoms with Crippen LogP contribution in [0.15, 0.2) is 48.7 Å². The molecule has 0 aliphatic rings. The summed E-state index contributed by atoms with van der Waals surface area (Å²) >= 11 is 6.26. The third kappa shape index (κ3) is 3.83. The SMILES string of the molecule is Cn1ncc2c(Oc3ccc(-c4nc(CCO)cc(C(N)=O)n4)cc3)ccc(Cl)c21. The monoisotopic (exact) mass is 423 g/mol. The molecule has 4 rings (SSSR count). The summed E-state index contributed by atoms with van der Waals surface area (Å²) in [5.41, 5.74) is 7.48. The highest BCUT2D eigenvalue weighted by Gasteiger charge is 2.13. The highest BCUT2D eigenvalue weighted by molar-refractivity contribution is 6.35. The maximum absolute atomic E-state index is 11.6. The third-order valence-electron chi connectivity index (χ3n) is 4.55. The molecule has 0 atom stereocenters. The van der Waals surface area contributed by atoms with E-state index in [9.17, 15) is 9.90 Å². The largest absolute Gasteiger partial charge is 0.457 e. The summed E-state index contributed by atoms with van der Waals surface area (Å²) in [7, 11) is 1.82. The molecule has 0 unspecified atom stereocenters. The van der Waals surface area contributed by atoms with E-state index in [-0.39, 0.29) is 12.3 Å². The number of aliphatic hydroxyl groups excluding tert-OH is 1. The van der Waals surface area contributed by atoms with Crippen molar-refractivity contribution >= 4 is 28.4 Å². The molecule has 0 spiro atoms. The topological polar surface area (TPSA) is 116 Å². The van der Waals surface area contributed by atoms with Gasteiger partial charge >= 0.3 is 0 Å². The lowest BCUT2D eigenvalue weighted by molar-refractivity contribution is 0.0995. The number of aryl methyl sites for hydroxylation is 1. The predicted molar refractivity (Wildman–Crippen MR) is 113 cm³/mol. The zero-order valence-electron chi connectivity index (χ0n) is 16.0. The van der Waals surface area contributed by atoms with Gasteiger partial charge in [0.2, 0.25) is 0 Å². The standard InChI is InChI=1S/C21H18ClN5O3/c1-27-19-15(11-24-27)18(7-6-16(19)22)30-14-4-2-12(3-5-14)21-25-13(8-9-28)10-17(26-21)20(23)29/h2-7,10-11,28H,8-9H2,1H3,(H2,23,29). The molecule has 0 saturated carbocycles. The number of ether oxygens (including phenoxy) is 1. The van der Waals surface area contributed by atoms with Gasteiger partial charge in [-0.25, -0.2) is 9.97 Å². The van der Waals surface area contributed by atoms with Gasteiger partial charge in [0, 0.05) is 31.3 Å². The smallest absolute Gasteiger partial charge is 0.267 e. The molecule has 8 nitrogen and oxygen atoms in total. The number of nitrogens with zero attached hydrogens (tertiary/aromatic N) is 4. The lowest BCUT2D eigenvalue weighted by atomic mass is 10.1. The van der Waals surface area contributed by atoms with E-state index in [0.717, 1.165) is 10.9 Å². The molecular formula is C21H18ClN5O3. The van der Waals surface area contributed by atoms with Gasteiger partial charge in [0.15, 0.2) is 5.82 Å². The molecule has 0 fully saturated rings. The van der Waals surface area contributed by atoms with Gasteiger partial charge in [-0.05, 0) is 42.5 Å². The number of amides is 1. The van der Waals surface area contributed by atoms with Crippen molar-refractivity contribution < 1.29 is 14.6 Å². The first-order valence-corrected chi connectivity index (χ1v) is 9.51. The van der Waals surface area contributed by atoms with Crippen molar-refractivity contribution in [3.05, 3.63) is 65.1 Å². The zero-order chi connectivity index (χ0) is 21.3. The number of aliphatic hydroxyl groups is 1. The number of carbonyl (C=O) groups excluding carboxylic acids is 1. The Hall–Kier alpha value is -3.49. The van der Waals surface area contributed by atoms with Crippen molar-refractivity contribution in [3.8, 4) is 22.9 Å². The molecule has 152 valence electrons. The minimum atomic E-state index is -0.652. The van der Waals surface area contributed by atoms with E-state index < -0.39 is 5.91 Å². The molecule has 3 N–H and O–H groups in total. The Labute approximate surface area is 176 Å². The molecular weight excluding hydrogens is 406 g/mol. The minimum Gasteiger partial charge on any atom is -0.457 e. The quantitative estimate of drug-likeness (QED) is 0.492. The van der Waals surface area contributed by atoms with Crippen LogP contribution in [0.3, 0.4) is 0 Å². The van der Waals surface area contributed by atoms with Crippen LogP contribution in [0.4, 0.5) is 0 Å². The van der Waals surface area contributed by atoms with Crippen LogP contribution in [-0.4, -0.2) is 37.4 Å². The second-order valence-electron chi connectivity index (χ2n) is 6.61. The Bertz CT molecular complexity index is 1240. The Morgan fingerprint density at radius 1 is 1.20 bits per heavy atom. The van der Waals surface area contributed by atoms with Crippen LogP contribution in [0.5, 0.6) is 11.5 Å². The molecule has 30 heavy (non-hydrogen) atoms. The average Bonchev–Trinajstić information content (AvgIpc) is 3.13. The van der Waals surface area contributed by atoms with Gasteiger partial charge in [-0.15, -0.1) is 0 Å². The van der Waals surface area contributed by atoms with Gasteiger partial charge in [0.05, 0.1) is 22.1 Å². The van der Waals surface area contributed by atoms with Crippen LogP contribution in [0, 0.1) is 0 Å².